The third-order valence-corrected chi connectivity index (χ3v) is 6.15. The fourth-order valence-corrected chi connectivity index (χ4v) is 4.81. The third-order valence-electron chi connectivity index (χ3n) is 6.15. The molecule has 0 aromatic heterocycles. The molecule has 4 rings (SSSR count). The number of carbonyl (C=O) groups is 1. The van der Waals surface area contributed by atoms with Crippen LogP contribution in [-0.4, -0.2) is 42.6 Å². The number of fused-ring (bicyclic) bond motifs is 3. The van der Waals surface area contributed by atoms with Crippen LogP contribution < -0.4 is 10.2 Å². The normalized spacial score (nSPS) is 30.6. The van der Waals surface area contributed by atoms with Crippen molar-refractivity contribution >= 4 is 24.1 Å². The molecule has 1 aromatic carbocycles. The number of hydrogen-bond donors (Lipinski definition) is 1. The zero-order valence-electron chi connectivity index (χ0n) is 14.8. The van der Waals surface area contributed by atoms with Gasteiger partial charge in [-0.3, -0.25) is 4.90 Å². The van der Waals surface area contributed by atoms with Crippen molar-refractivity contribution in [2.75, 3.05) is 18.5 Å². The minimum atomic E-state index is 0. The standard InChI is InChI=1S/C19H27N3O.ClH/c1-19(2)12-22(17-7-5-4-6-16(17)19)18(23)20-13-10-14-8-9-15(11-13)21(14)3;/h4-7,13-15H,8-12H2,1-3H3,(H,20,23);1H. The molecule has 2 fully saturated rings. The van der Waals surface area contributed by atoms with Gasteiger partial charge in [0.05, 0.1) is 0 Å². The van der Waals surface area contributed by atoms with Crippen molar-refractivity contribution in [1.82, 2.24) is 10.2 Å². The number of piperidine rings is 1. The Morgan fingerprint density at radius 1 is 1.17 bits per heavy atom. The maximum absolute atomic E-state index is 12.9. The van der Waals surface area contributed by atoms with Crippen LogP contribution in [0.3, 0.4) is 0 Å². The maximum atomic E-state index is 12.9. The molecule has 3 aliphatic heterocycles. The predicted molar refractivity (Wildman–Crippen MR) is 100 cm³/mol. The van der Waals surface area contributed by atoms with Crippen molar-refractivity contribution in [3.05, 3.63) is 29.8 Å². The topological polar surface area (TPSA) is 35.6 Å². The molecule has 3 heterocycles. The average Bonchev–Trinajstić information content (AvgIpc) is 2.89. The van der Waals surface area contributed by atoms with Crippen LogP contribution in [0.5, 0.6) is 0 Å². The Labute approximate surface area is 151 Å². The molecular weight excluding hydrogens is 322 g/mol. The Morgan fingerprint density at radius 2 is 1.79 bits per heavy atom. The first-order valence-corrected chi connectivity index (χ1v) is 8.85. The number of para-hydroxylation sites is 1. The van der Waals surface area contributed by atoms with Gasteiger partial charge >= 0.3 is 6.03 Å². The van der Waals surface area contributed by atoms with Crippen molar-refractivity contribution < 1.29 is 4.79 Å². The van der Waals surface area contributed by atoms with Crippen LogP contribution in [0.25, 0.3) is 0 Å². The van der Waals surface area contributed by atoms with Crippen LogP contribution in [0.1, 0.15) is 45.1 Å². The highest BCUT2D eigenvalue weighted by Crippen LogP contribution is 2.40. The molecule has 2 atom stereocenters. The SMILES string of the molecule is CN1C2CCC1CC(NC(=O)N1CC(C)(C)c3ccccc31)C2.Cl. The molecule has 2 unspecified atom stereocenters. The van der Waals surface area contributed by atoms with E-state index in [1.165, 1.54) is 18.4 Å². The molecule has 132 valence electrons. The Morgan fingerprint density at radius 3 is 2.46 bits per heavy atom. The van der Waals surface area contributed by atoms with Gasteiger partial charge in [-0.05, 0) is 44.4 Å². The summed E-state index contributed by atoms with van der Waals surface area (Å²) < 4.78 is 0. The molecule has 2 amide bonds. The number of hydrogen-bond acceptors (Lipinski definition) is 2. The van der Waals surface area contributed by atoms with Crippen molar-refractivity contribution in [2.24, 2.45) is 0 Å². The van der Waals surface area contributed by atoms with Gasteiger partial charge in [-0.2, -0.15) is 0 Å². The number of urea groups is 1. The van der Waals surface area contributed by atoms with Gasteiger partial charge in [-0.25, -0.2) is 4.79 Å². The summed E-state index contributed by atoms with van der Waals surface area (Å²) >= 11 is 0. The number of nitrogens with one attached hydrogen (secondary N) is 1. The Kier molecular flexibility index (Phi) is 4.56. The molecule has 1 N–H and O–H groups in total. The number of amides is 2. The van der Waals surface area contributed by atoms with E-state index in [1.54, 1.807) is 0 Å². The van der Waals surface area contributed by atoms with E-state index in [4.69, 9.17) is 0 Å². The molecule has 3 aliphatic rings. The van der Waals surface area contributed by atoms with E-state index in [1.807, 2.05) is 11.0 Å². The molecule has 1 aromatic rings. The lowest BCUT2D eigenvalue weighted by molar-refractivity contribution is 0.150. The molecule has 0 saturated carbocycles. The summed E-state index contributed by atoms with van der Waals surface area (Å²) in [6, 6.07) is 10.0. The van der Waals surface area contributed by atoms with Crippen LogP contribution in [0, 0.1) is 0 Å². The maximum Gasteiger partial charge on any atom is 0.322 e. The second kappa shape index (κ2) is 6.23. The molecule has 0 radical (unpaired) electrons. The molecule has 2 bridgehead atoms. The second-order valence-corrected chi connectivity index (χ2v) is 8.16. The van der Waals surface area contributed by atoms with Gasteiger partial charge in [0.15, 0.2) is 0 Å². The number of halogens is 1. The first-order chi connectivity index (χ1) is 11.0. The second-order valence-electron chi connectivity index (χ2n) is 8.16. The van der Waals surface area contributed by atoms with Gasteiger partial charge in [0.1, 0.15) is 0 Å². The van der Waals surface area contributed by atoms with Crippen LogP contribution in [0.4, 0.5) is 10.5 Å². The van der Waals surface area contributed by atoms with E-state index < -0.39 is 0 Å². The van der Waals surface area contributed by atoms with Gasteiger partial charge in [0.2, 0.25) is 0 Å². The minimum absolute atomic E-state index is 0. The van der Waals surface area contributed by atoms with E-state index in [9.17, 15) is 4.79 Å². The van der Waals surface area contributed by atoms with Crippen LogP contribution in [0.15, 0.2) is 24.3 Å². The van der Waals surface area contributed by atoms with Crippen molar-refractivity contribution in [2.45, 2.75) is 63.1 Å². The summed E-state index contributed by atoms with van der Waals surface area (Å²) in [6.45, 7) is 5.20. The van der Waals surface area contributed by atoms with Gasteiger partial charge in [-0.15, -0.1) is 12.4 Å². The zero-order valence-corrected chi connectivity index (χ0v) is 15.6. The van der Waals surface area contributed by atoms with Crippen molar-refractivity contribution in [3.8, 4) is 0 Å². The lowest BCUT2D eigenvalue weighted by Crippen LogP contribution is -2.52. The Balaban J connectivity index is 0.00000169. The highest BCUT2D eigenvalue weighted by Gasteiger charge is 2.41. The Hall–Kier alpha value is -1.26. The van der Waals surface area contributed by atoms with E-state index in [0.29, 0.717) is 18.1 Å². The third kappa shape index (κ3) is 2.80. The number of nitrogens with zero attached hydrogens (tertiary/aromatic N) is 2. The summed E-state index contributed by atoms with van der Waals surface area (Å²) in [4.78, 5) is 17.3. The summed E-state index contributed by atoms with van der Waals surface area (Å²) in [5.41, 5.74) is 2.38. The summed E-state index contributed by atoms with van der Waals surface area (Å²) in [5.74, 6) is 0. The van der Waals surface area contributed by atoms with Gasteiger partial charge in [0, 0.05) is 35.8 Å². The van der Waals surface area contributed by atoms with Crippen LogP contribution >= 0.6 is 12.4 Å². The number of rotatable bonds is 1. The molecule has 0 aliphatic carbocycles. The van der Waals surface area contributed by atoms with Crippen molar-refractivity contribution in [3.63, 3.8) is 0 Å². The summed E-state index contributed by atoms with van der Waals surface area (Å²) in [6.07, 6.45) is 4.76. The Bertz CT molecular complexity index is 619. The predicted octanol–water partition coefficient (Wildman–Crippen LogP) is 3.54. The van der Waals surface area contributed by atoms with Crippen LogP contribution in [-0.2, 0) is 5.41 Å². The highest BCUT2D eigenvalue weighted by molar-refractivity contribution is 5.95. The van der Waals surface area contributed by atoms with Crippen LogP contribution in [0.2, 0.25) is 0 Å². The summed E-state index contributed by atoms with van der Waals surface area (Å²) in [7, 11) is 2.24. The number of anilines is 1. The molecule has 24 heavy (non-hydrogen) atoms. The minimum Gasteiger partial charge on any atom is -0.335 e. The van der Waals surface area contributed by atoms with E-state index >= 15 is 0 Å². The first kappa shape index (κ1) is 17.6. The quantitative estimate of drug-likeness (QED) is 0.841. The van der Waals surface area contributed by atoms with E-state index in [2.05, 4.69) is 49.3 Å². The fraction of sp³-hybridized carbons (Fsp3) is 0.632. The number of carbonyl (C=O) groups excluding carboxylic acids is 1. The monoisotopic (exact) mass is 349 g/mol. The van der Waals surface area contributed by atoms with Gasteiger partial charge in [0.25, 0.3) is 0 Å². The lowest BCUT2D eigenvalue weighted by atomic mass is 9.87. The summed E-state index contributed by atoms with van der Waals surface area (Å²) in [5, 5.41) is 3.32. The average molecular weight is 350 g/mol. The molecular formula is C19H28ClN3O. The fourth-order valence-electron chi connectivity index (χ4n) is 4.81. The van der Waals surface area contributed by atoms with Crippen molar-refractivity contribution in [1.29, 1.82) is 0 Å². The smallest absolute Gasteiger partial charge is 0.322 e. The lowest BCUT2D eigenvalue weighted by Gasteiger charge is -2.37. The van der Waals surface area contributed by atoms with E-state index in [0.717, 1.165) is 25.1 Å². The molecule has 2 saturated heterocycles. The van der Waals surface area contributed by atoms with Gasteiger partial charge in [-0.1, -0.05) is 32.0 Å². The van der Waals surface area contributed by atoms with Gasteiger partial charge < -0.3 is 10.2 Å². The molecule has 0 spiro atoms. The highest BCUT2D eigenvalue weighted by atomic mass is 35.5. The van der Waals surface area contributed by atoms with E-state index in [-0.39, 0.29) is 23.9 Å². The molecule has 4 nitrogen and oxygen atoms in total. The zero-order chi connectivity index (χ0) is 16.2. The largest absolute Gasteiger partial charge is 0.335 e. The number of benzene rings is 1. The molecule has 5 heteroatoms. The first-order valence-electron chi connectivity index (χ1n) is 8.85.